The predicted molar refractivity (Wildman–Crippen MR) is 114 cm³/mol. The standard InChI is InChI=1S/C24H28N4O/c1-16-10-21(25-27(16)3)15-28(14-20-12-17-8-9-18(20)11-17)24(29)23-13-19-6-4-5-7-22(19)26(23)2/h4-10,13,17-18,20H,11-12,14-15H2,1-3H3/t17-,18+,20+/m1/s1. The first-order valence-electron chi connectivity index (χ1n) is 10.5. The minimum atomic E-state index is 0.0961. The van der Waals surface area contributed by atoms with Gasteiger partial charge in [-0.25, -0.2) is 0 Å². The summed E-state index contributed by atoms with van der Waals surface area (Å²) in [5.74, 6) is 1.97. The predicted octanol–water partition coefficient (Wildman–Crippen LogP) is 4.07. The van der Waals surface area contributed by atoms with E-state index < -0.39 is 0 Å². The minimum Gasteiger partial charge on any atom is -0.340 e. The van der Waals surface area contributed by atoms with Gasteiger partial charge in [0, 0.05) is 37.2 Å². The lowest BCUT2D eigenvalue weighted by Crippen LogP contribution is -2.37. The minimum absolute atomic E-state index is 0.0961. The van der Waals surface area contributed by atoms with Crippen LogP contribution in [0.25, 0.3) is 10.9 Å². The van der Waals surface area contributed by atoms with E-state index in [0.29, 0.717) is 24.3 Å². The summed E-state index contributed by atoms with van der Waals surface area (Å²) in [7, 11) is 3.94. The molecule has 0 spiro atoms. The fourth-order valence-electron chi connectivity index (χ4n) is 5.17. The van der Waals surface area contributed by atoms with Crippen LogP contribution >= 0.6 is 0 Å². The zero-order valence-electron chi connectivity index (χ0n) is 17.4. The van der Waals surface area contributed by atoms with E-state index in [1.165, 1.54) is 12.8 Å². The van der Waals surface area contributed by atoms with E-state index in [2.05, 4.69) is 35.4 Å². The molecular formula is C24H28N4O. The molecule has 5 nitrogen and oxygen atoms in total. The molecule has 5 heteroatoms. The van der Waals surface area contributed by atoms with E-state index in [9.17, 15) is 4.79 Å². The number of rotatable bonds is 5. The normalized spacial score (nSPS) is 22.7. The van der Waals surface area contributed by atoms with Crippen LogP contribution in [0.4, 0.5) is 0 Å². The Morgan fingerprint density at radius 3 is 2.66 bits per heavy atom. The number of nitrogens with zero attached hydrogens (tertiary/aromatic N) is 4. The number of amides is 1. The number of hydrogen-bond acceptors (Lipinski definition) is 2. The second kappa shape index (κ2) is 6.90. The molecule has 5 rings (SSSR count). The molecule has 2 heterocycles. The van der Waals surface area contributed by atoms with Crippen molar-refractivity contribution in [3.05, 3.63) is 65.6 Å². The van der Waals surface area contributed by atoms with Gasteiger partial charge in [-0.15, -0.1) is 0 Å². The Kier molecular flexibility index (Phi) is 4.34. The first kappa shape index (κ1) is 18.2. The Bertz CT molecular complexity index is 1090. The van der Waals surface area contributed by atoms with Gasteiger partial charge in [-0.1, -0.05) is 30.4 Å². The summed E-state index contributed by atoms with van der Waals surface area (Å²) in [6.45, 7) is 3.40. The highest BCUT2D eigenvalue weighted by molar-refractivity contribution is 5.98. The Balaban J connectivity index is 1.46. The third kappa shape index (κ3) is 3.18. The van der Waals surface area contributed by atoms with Gasteiger partial charge in [-0.2, -0.15) is 5.10 Å². The Morgan fingerprint density at radius 2 is 2.00 bits per heavy atom. The monoisotopic (exact) mass is 388 g/mol. The molecule has 0 aliphatic heterocycles. The summed E-state index contributed by atoms with van der Waals surface area (Å²) in [6.07, 6.45) is 7.17. The van der Waals surface area contributed by atoms with Gasteiger partial charge in [0.1, 0.15) is 5.69 Å². The molecule has 2 aliphatic rings. The van der Waals surface area contributed by atoms with Crippen LogP contribution in [0.3, 0.4) is 0 Å². The molecule has 29 heavy (non-hydrogen) atoms. The molecule has 0 N–H and O–H groups in total. The third-order valence-corrected chi connectivity index (χ3v) is 6.85. The van der Waals surface area contributed by atoms with Gasteiger partial charge in [-0.05, 0) is 55.7 Å². The maximum Gasteiger partial charge on any atom is 0.270 e. The fourth-order valence-corrected chi connectivity index (χ4v) is 5.17. The topological polar surface area (TPSA) is 43.1 Å². The maximum atomic E-state index is 13.7. The number of allylic oxidation sites excluding steroid dienone is 2. The molecule has 1 fully saturated rings. The summed E-state index contributed by atoms with van der Waals surface area (Å²) in [5, 5.41) is 5.72. The SMILES string of the molecule is Cc1cc(CN(C[C@@H]2C[C@@H]3C=C[C@H]2C3)C(=O)c2cc3ccccc3n2C)nn1C. The molecule has 1 aromatic carbocycles. The smallest absolute Gasteiger partial charge is 0.270 e. The van der Waals surface area contributed by atoms with Crippen LogP contribution in [-0.4, -0.2) is 31.7 Å². The number of para-hydroxylation sites is 1. The van der Waals surface area contributed by atoms with Crippen molar-refractivity contribution in [2.45, 2.75) is 26.3 Å². The van der Waals surface area contributed by atoms with Crippen molar-refractivity contribution in [2.75, 3.05) is 6.54 Å². The quantitative estimate of drug-likeness (QED) is 0.618. The van der Waals surface area contributed by atoms with Crippen molar-refractivity contribution in [1.29, 1.82) is 0 Å². The molecule has 2 aliphatic carbocycles. The van der Waals surface area contributed by atoms with Crippen LogP contribution in [0.15, 0.2) is 48.6 Å². The summed E-state index contributed by atoms with van der Waals surface area (Å²) >= 11 is 0. The van der Waals surface area contributed by atoms with E-state index >= 15 is 0 Å². The van der Waals surface area contributed by atoms with Crippen LogP contribution < -0.4 is 0 Å². The van der Waals surface area contributed by atoms with Gasteiger partial charge >= 0.3 is 0 Å². The molecule has 2 aromatic heterocycles. The number of fused-ring (bicyclic) bond motifs is 3. The number of carbonyl (C=O) groups is 1. The average molecular weight is 389 g/mol. The number of benzene rings is 1. The highest BCUT2D eigenvalue weighted by Gasteiger charge is 2.37. The van der Waals surface area contributed by atoms with Crippen molar-refractivity contribution in [3.63, 3.8) is 0 Å². The molecule has 2 bridgehead atoms. The molecule has 1 saturated carbocycles. The van der Waals surface area contributed by atoms with Crippen LogP contribution in [0, 0.1) is 24.7 Å². The summed E-state index contributed by atoms with van der Waals surface area (Å²) in [6, 6.07) is 12.3. The number of hydrogen-bond donors (Lipinski definition) is 0. The van der Waals surface area contributed by atoms with E-state index in [-0.39, 0.29) is 5.91 Å². The second-order valence-corrected chi connectivity index (χ2v) is 8.77. The highest BCUT2D eigenvalue weighted by Crippen LogP contribution is 2.43. The number of aromatic nitrogens is 3. The first-order valence-corrected chi connectivity index (χ1v) is 10.5. The summed E-state index contributed by atoms with van der Waals surface area (Å²) < 4.78 is 3.91. The van der Waals surface area contributed by atoms with E-state index in [0.717, 1.165) is 34.5 Å². The molecule has 0 radical (unpaired) electrons. The Morgan fingerprint density at radius 1 is 1.17 bits per heavy atom. The van der Waals surface area contributed by atoms with Crippen LogP contribution in [0.2, 0.25) is 0 Å². The van der Waals surface area contributed by atoms with Crippen LogP contribution in [-0.2, 0) is 20.6 Å². The Hall–Kier alpha value is -2.82. The molecule has 1 amide bonds. The Labute approximate surface area is 171 Å². The summed E-state index contributed by atoms with van der Waals surface area (Å²) in [5.41, 5.74) is 3.90. The molecule has 3 atom stereocenters. The molecular weight excluding hydrogens is 360 g/mol. The van der Waals surface area contributed by atoms with Gasteiger partial charge < -0.3 is 9.47 Å². The van der Waals surface area contributed by atoms with Crippen LogP contribution in [0.1, 0.15) is 34.7 Å². The molecule has 150 valence electrons. The largest absolute Gasteiger partial charge is 0.340 e. The third-order valence-electron chi connectivity index (χ3n) is 6.85. The average Bonchev–Trinajstić information content (AvgIpc) is 3.47. The van der Waals surface area contributed by atoms with E-state index in [4.69, 9.17) is 0 Å². The lowest BCUT2D eigenvalue weighted by atomic mass is 9.93. The lowest BCUT2D eigenvalue weighted by Gasteiger charge is -2.28. The lowest BCUT2D eigenvalue weighted by molar-refractivity contribution is 0.0693. The van der Waals surface area contributed by atoms with E-state index in [1.807, 2.05) is 53.4 Å². The zero-order valence-corrected chi connectivity index (χ0v) is 17.4. The van der Waals surface area contributed by atoms with Crippen molar-refractivity contribution in [3.8, 4) is 0 Å². The number of aryl methyl sites for hydroxylation is 3. The van der Waals surface area contributed by atoms with Crippen molar-refractivity contribution < 1.29 is 4.79 Å². The van der Waals surface area contributed by atoms with E-state index in [1.54, 1.807) is 0 Å². The summed E-state index contributed by atoms with van der Waals surface area (Å²) in [4.78, 5) is 15.7. The fraction of sp³-hybridized carbons (Fsp3) is 0.417. The van der Waals surface area contributed by atoms with Crippen molar-refractivity contribution >= 4 is 16.8 Å². The van der Waals surface area contributed by atoms with Crippen molar-refractivity contribution in [2.24, 2.45) is 31.8 Å². The van der Waals surface area contributed by atoms with Crippen molar-refractivity contribution in [1.82, 2.24) is 19.2 Å². The zero-order chi connectivity index (χ0) is 20.1. The number of carbonyl (C=O) groups excluding carboxylic acids is 1. The second-order valence-electron chi connectivity index (χ2n) is 8.77. The van der Waals surface area contributed by atoms with Gasteiger partial charge in [0.05, 0.1) is 12.2 Å². The molecule has 3 aromatic rings. The van der Waals surface area contributed by atoms with Gasteiger partial charge in [0.25, 0.3) is 5.91 Å². The van der Waals surface area contributed by atoms with Crippen LogP contribution in [0.5, 0.6) is 0 Å². The van der Waals surface area contributed by atoms with Gasteiger partial charge in [0.15, 0.2) is 0 Å². The highest BCUT2D eigenvalue weighted by atomic mass is 16.2. The van der Waals surface area contributed by atoms with Gasteiger partial charge in [-0.3, -0.25) is 9.48 Å². The molecule has 0 saturated heterocycles. The maximum absolute atomic E-state index is 13.7. The molecule has 0 unspecified atom stereocenters. The van der Waals surface area contributed by atoms with Gasteiger partial charge in [0.2, 0.25) is 0 Å². The first-order chi connectivity index (χ1) is 14.0.